The van der Waals surface area contributed by atoms with Gasteiger partial charge in [0.15, 0.2) is 0 Å². The van der Waals surface area contributed by atoms with Crippen molar-refractivity contribution in [2.45, 2.75) is 20.0 Å². The summed E-state index contributed by atoms with van der Waals surface area (Å²) in [4.78, 5) is 18.0. The fourth-order valence-electron chi connectivity index (χ4n) is 2.08. The summed E-state index contributed by atoms with van der Waals surface area (Å²) >= 11 is 6.63. The monoisotopic (exact) mass is 383 g/mol. The Bertz CT molecular complexity index is 821. The average molecular weight is 384 g/mol. The highest BCUT2D eigenvalue weighted by Gasteiger charge is 2.07. The lowest BCUT2D eigenvalue weighted by Crippen LogP contribution is -2.26. The lowest BCUT2D eigenvalue weighted by atomic mass is 10.3. The second-order valence-corrected chi connectivity index (χ2v) is 7.54. The zero-order chi connectivity index (χ0) is 14.8. The molecule has 0 radical (unpaired) electrons. The van der Waals surface area contributed by atoms with E-state index in [0.717, 1.165) is 33.3 Å². The van der Waals surface area contributed by atoms with Crippen LogP contribution in [-0.2, 0) is 13.1 Å². The van der Waals surface area contributed by atoms with E-state index in [9.17, 15) is 4.79 Å². The Morgan fingerprint density at radius 3 is 3.00 bits per heavy atom. The number of nitrogens with zero attached hydrogens (tertiary/aromatic N) is 2. The van der Waals surface area contributed by atoms with Crippen molar-refractivity contribution in [1.29, 1.82) is 0 Å². The molecule has 0 aliphatic carbocycles. The molecule has 0 unspecified atom stereocenters. The molecular weight excluding hydrogens is 370 g/mol. The van der Waals surface area contributed by atoms with Crippen molar-refractivity contribution in [2.24, 2.45) is 0 Å². The highest BCUT2D eigenvalue weighted by molar-refractivity contribution is 9.10. The summed E-state index contributed by atoms with van der Waals surface area (Å²) in [6.45, 7) is 4.17. The van der Waals surface area contributed by atoms with Gasteiger partial charge in [0.1, 0.15) is 4.70 Å². The standard InChI is InChI=1S/C14H14BrN3OS2/c1-9-6-21-13-12(9)17-8-18(14(13)19)3-2-16-5-11-4-10(15)7-20-11/h4,6-8,16H,2-3,5H2,1H3. The molecule has 3 heterocycles. The molecule has 3 aromatic rings. The summed E-state index contributed by atoms with van der Waals surface area (Å²) in [6, 6.07) is 2.10. The van der Waals surface area contributed by atoms with E-state index in [1.165, 1.54) is 16.2 Å². The van der Waals surface area contributed by atoms with Gasteiger partial charge in [-0.3, -0.25) is 9.36 Å². The van der Waals surface area contributed by atoms with Crippen molar-refractivity contribution in [3.63, 3.8) is 0 Å². The van der Waals surface area contributed by atoms with Gasteiger partial charge in [0.25, 0.3) is 5.56 Å². The van der Waals surface area contributed by atoms with Gasteiger partial charge in [0.2, 0.25) is 0 Å². The third-order valence-electron chi connectivity index (χ3n) is 3.17. The maximum Gasteiger partial charge on any atom is 0.271 e. The van der Waals surface area contributed by atoms with Gasteiger partial charge in [-0.15, -0.1) is 22.7 Å². The fraction of sp³-hybridized carbons (Fsp3) is 0.286. The zero-order valence-corrected chi connectivity index (χ0v) is 14.6. The Labute approximate surface area is 138 Å². The van der Waals surface area contributed by atoms with Crippen LogP contribution in [-0.4, -0.2) is 16.1 Å². The van der Waals surface area contributed by atoms with Crippen molar-refractivity contribution >= 4 is 48.8 Å². The molecule has 0 amide bonds. The van der Waals surface area contributed by atoms with Crippen molar-refractivity contribution in [3.8, 4) is 0 Å². The van der Waals surface area contributed by atoms with Gasteiger partial charge in [-0.1, -0.05) is 0 Å². The second-order valence-electron chi connectivity index (χ2n) is 4.75. The van der Waals surface area contributed by atoms with Crippen LogP contribution in [0.2, 0.25) is 0 Å². The molecule has 0 saturated carbocycles. The molecular formula is C14H14BrN3OS2. The molecule has 3 aromatic heterocycles. The van der Waals surface area contributed by atoms with Gasteiger partial charge in [-0.25, -0.2) is 4.98 Å². The van der Waals surface area contributed by atoms with Crippen LogP contribution in [0.5, 0.6) is 0 Å². The summed E-state index contributed by atoms with van der Waals surface area (Å²) < 4.78 is 3.54. The van der Waals surface area contributed by atoms with E-state index in [1.807, 2.05) is 12.3 Å². The van der Waals surface area contributed by atoms with Crippen molar-refractivity contribution < 1.29 is 0 Å². The Kier molecular flexibility index (Phi) is 4.54. The van der Waals surface area contributed by atoms with Crippen LogP contribution >= 0.6 is 38.6 Å². The molecule has 0 atom stereocenters. The molecule has 110 valence electrons. The Hall–Kier alpha value is -1.02. The smallest absolute Gasteiger partial charge is 0.271 e. The van der Waals surface area contributed by atoms with Crippen LogP contribution in [0.15, 0.2) is 32.4 Å². The minimum Gasteiger partial charge on any atom is -0.310 e. The van der Waals surface area contributed by atoms with Gasteiger partial charge >= 0.3 is 0 Å². The molecule has 21 heavy (non-hydrogen) atoms. The highest BCUT2D eigenvalue weighted by Crippen LogP contribution is 2.20. The molecule has 1 N–H and O–H groups in total. The minimum atomic E-state index is 0.0544. The molecule has 3 rings (SSSR count). The second kappa shape index (κ2) is 6.39. The first-order chi connectivity index (χ1) is 10.1. The first kappa shape index (κ1) is 14.9. The summed E-state index contributed by atoms with van der Waals surface area (Å²) in [5.74, 6) is 0. The summed E-state index contributed by atoms with van der Waals surface area (Å²) in [5, 5.41) is 7.40. The van der Waals surface area contributed by atoms with Gasteiger partial charge < -0.3 is 5.32 Å². The van der Waals surface area contributed by atoms with E-state index in [2.05, 4.69) is 37.7 Å². The number of rotatable bonds is 5. The number of nitrogens with one attached hydrogen (secondary N) is 1. The van der Waals surface area contributed by atoms with Crippen LogP contribution in [0.25, 0.3) is 10.2 Å². The molecule has 7 heteroatoms. The fourth-order valence-corrected chi connectivity index (χ4v) is 4.45. The number of fused-ring (bicyclic) bond motifs is 1. The van der Waals surface area contributed by atoms with Crippen LogP contribution in [0.3, 0.4) is 0 Å². The molecule has 0 aromatic carbocycles. The Morgan fingerprint density at radius 1 is 1.38 bits per heavy atom. The van der Waals surface area contributed by atoms with Gasteiger partial charge in [-0.05, 0) is 39.9 Å². The van der Waals surface area contributed by atoms with Gasteiger partial charge in [0, 0.05) is 34.4 Å². The predicted molar refractivity (Wildman–Crippen MR) is 92.3 cm³/mol. The molecule has 0 aliphatic rings. The lowest BCUT2D eigenvalue weighted by molar-refractivity contribution is 0.585. The van der Waals surface area contributed by atoms with E-state index >= 15 is 0 Å². The van der Waals surface area contributed by atoms with Crippen LogP contribution in [0.4, 0.5) is 0 Å². The maximum atomic E-state index is 12.3. The van der Waals surface area contributed by atoms with Crippen LogP contribution in [0.1, 0.15) is 10.4 Å². The third kappa shape index (κ3) is 3.26. The Balaban J connectivity index is 1.63. The number of aryl methyl sites for hydroxylation is 1. The molecule has 0 aliphatic heterocycles. The van der Waals surface area contributed by atoms with Crippen LogP contribution in [0, 0.1) is 6.92 Å². The normalized spacial score (nSPS) is 11.3. The highest BCUT2D eigenvalue weighted by atomic mass is 79.9. The largest absolute Gasteiger partial charge is 0.310 e. The summed E-state index contributed by atoms with van der Waals surface area (Å²) in [5.41, 5.74) is 1.96. The maximum absolute atomic E-state index is 12.3. The molecule has 0 fully saturated rings. The van der Waals surface area contributed by atoms with E-state index in [4.69, 9.17) is 0 Å². The topological polar surface area (TPSA) is 46.9 Å². The minimum absolute atomic E-state index is 0.0544. The molecule has 0 spiro atoms. The molecule has 4 nitrogen and oxygen atoms in total. The Morgan fingerprint density at radius 2 is 2.24 bits per heavy atom. The van der Waals surface area contributed by atoms with Crippen molar-refractivity contribution in [1.82, 2.24) is 14.9 Å². The van der Waals surface area contributed by atoms with E-state index < -0.39 is 0 Å². The number of hydrogen-bond acceptors (Lipinski definition) is 5. The zero-order valence-electron chi connectivity index (χ0n) is 11.4. The predicted octanol–water partition coefficient (Wildman–Crippen LogP) is 3.38. The molecule has 0 bridgehead atoms. The quantitative estimate of drug-likeness (QED) is 0.686. The van der Waals surface area contributed by atoms with E-state index in [0.29, 0.717) is 6.54 Å². The molecule has 0 saturated heterocycles. The summed E-state index contributed by atoms with van der Waals surface area (Å²) in [7, 11) is 0. The first-order valence-electron chi connectivity index (χ1n) is 6.52. The van der Waals surface area contributed by atoms with Crippen LogP contribution < -0.4 is 10.9 Å². The number of halogens is 1. The lowest BCUT2D eigenvalue weighted by Gasteiger charge is -2.06. The van der Waals surface area contributed by atoms with Gasteiger partial charge in [0.05, 0.1) is 11.8 Å². The summed E-state index contributed by atoms with van der Waals surface area (Å²) in [6.07, 6.45) is 1.65. The third-order valence-corrected chi connectivity index (χ3v) is 5.95. The van der Waals surface area contributed by atoms with Crippen molar-refractivity contribution in [2.75, 3.05) is 6.54 Å². The number of hydrogen-bond donors (Lipinski definition) is 1. The number of aromatic nitrogens is 2. The van der Waals surface area contributed by atoms with Crippen molar-refractivity contribution in [3.05, 3.63) is 48.4 Å². The first-order valence-corrected chi connectivity index (χ1v) is 9.07. The average Bonchev–Trinajstić information content (AvgIpc) is 3.04. The number of thiophene rings is 2. The van der Waals surface area contributed by atoms with E-state index in [-0.39, 0.29) is 5.56 Å². The SMILES string of the molecule is Cc1csc2c(=O)n(CCNCc3cc(Br)cs3)cnc12. The van der Waals surface area contributed by atoms with E-state index in [1.54, 1.807) is 22.2 Å². The van der Waals surface area contributed by atoms with Gasteiger partial charge in [-0.2, -0.15) is 0 Å².